The Morgan fingerprint density at radius 3 is 2.79 bits per heavy atom. The predicted octanol–water partition coefficient (Wildman–Crippen LogP) is 3.89. The fraction of sp³-hybridized carbons (Fsp3) is 0.533. The first kappa shape index (κ1) is 14.3. The van der Waals surface area contributed by atoms with Crippen molar-refractivity contribution in [3.05, 3.63) is 39.7 Å². The van der Waals surface area contributed by atoms with Crippen LogP contribution in [-0.2, 0) is 12.8 Å². The van der Waals surface area contributed by atoms with Crippen molar-refractivity contribution in [2.75, 3.05) is 6.54 Å². The van der Waals surface area contributed by atoms with Crippen LogP contribution in [0, 0.1) is 6.92 Å². The van der Waals surface area contributed by atoms with Crippen molar-refractivity contribution in [3.63, 3.8) is 0 Å². The molecular formula is C15H22N2OS. The summed E-state index contributed by atoms with van der Waals surface area (Å²) in [5.74, 6) is 2.08. The largest absolute Gasteiger partial charge is 0.464 e. The summed E-state index contributed by atoms with van der Waals surface area (Å²) in [4.78, 5) is 4.55. The van der Waals surface area contributed by atoms with E-state index in [-0.39, 0.29) is 6.04 Å². The highest BCUT2D eigenvalue weighted by molar-refractivity contribution is 7.09. The Bertz CT molecular complexity index is 504. The summed E-state index contributed by atoms with van der Waals surface area (Å²) in [6.45, 7) is 7.33. The second kappa shape index (κ2) is 6.87. The molecule has 0 radical (unpaired) electrons. The molecule has 0 aliphatic heterocycles. The van der Waals surface area contributed by atoms with Gasteiger partial charge in [0.25, 0.3) is 0 Å². The maximum atomic E-state index is 5.89. The number of nitrogens with zero attached hydrogens (tertiary/aromatic N) is 1. The molecule has 0 saturated heterocycles. The van der Waals surface area contributed by atoms with Crippen LogP contribution in [-0.4, -0.2) is 11.5 Å². The maximum Gasteiger partial charge on any atom is 0.121 e. The Balaban J connectivity index is 2.10. The number of rotatable bonds is 7. The Hall–Kier alpha value is -1.13. The molecule has 0 aliphatic carbocycles. The van der Waals surface area contributed by atoms with Crippen LogP contribution < -0.4 is 5.32 Å². The lowest BCUT2D eigenvalue weighted by molar-refractivity contribution is 0.392. The SMILES string of the molecule is CCCNC(Cc1nc(C)cs1)c1ccc(CC)o1. The molecule has 19 heavy (non-hydrogen) atoms. The number of hydrogen-bond acceptors (Lipinski definition) is 4. The number of hydrogen-bond donors (Lipinski definition) is 1. The van der Waals surface area contributed by atoms with Crippen LogP contribution >= 0.6 is 11.3 Å². The van der Waals surface area contributed by atoms with Crippen LogP contribution in [0.3, 0.4) is 0 Å². The molecule has 4 heteroatoms. The van der Waals surface area contributed by atoms with Crippen LogP contribution in [0.4, 0.5) is 0 Å². The van der Waals surface area contributed by atoms with E-state index in [1.165, 1.54) is 5.01 Å². The summed E-state index contributed by atoms with van der Waals surface area (Å²) in [6, 6.07) is 4.39. The number of aromatic nitrogens is 1. The van der Waals surface area contributed by atoms with Crippen LogP contribution in [0.15, 0.2) is 21.9 Å². The van der Waals surface area contributed by atoms with Gasteiger partial charge in [0.1, 0.15) is 11.5 Å². The van der Waals surface area contributed by atoms with E-state index >= 15 is 0 Å². The summed E-state index contributed by atoms with van der Waals surface area (Å²) >= 11 is 1.73. The lowest BCUT2D eigenvalue weighted by atomic mass is 10.1. The van der Waals surface area contributed by atoms with Crippen molar-refractivity contribution in [1.29, 1.82) is 0 Å². The number of aryl methyl sites for hydroxylation is 2. The zero-order chi connectivity index (χ0) is 13.7. The molecule has 3 nitrogen and oxygen atoms in total. The molecule has 2 heterocycles. The number of nitrogens with one attached hydrogen (secondary N) is 1. The summed E-state index contributed by atoms with van der Waals surface area (Å²) < 4.78 is 5.89. The van der Waals surface area contributed by atoms with Gasteiger partial charge < -0.3 is 9.73 Å². The van der Waals surface area contributed by atoms with Gasteiger partial charge in [-0.1, -0.05) is 13.8 Å². The molecule has 0 aromatic carbocycles. The molecule has 0 bridgehead atoms. The molecule has 1 N–H and O–H groups in total. The monoisotopic (exact) mass is 278 g/mol. The van der Waals surface area contributed by atoms with Gasteiger partial charge in [0, 0.05) is 23.9 Å². The molecule has 0 amide bonds. The molecule has 2 rings (SSSR count). The second-order valence-electron chi connectivity index (χ2n) is 4.75. The van der Waals surface area contributed by atoms with E-state index in [9.17, 15) is 0 Å². The lowest BCUT2D eigenvalue weighted by Gasteiger charge is -2.15. The van der Waals surface area contributed by atoms with E-state index in [1.54, 1.807) is 11.3 Å². The highest BCUT2D eigenvalue weighted by Gasteiger charge is 2.17. The molecule has 1 unspecified atom stereocenters. The van der Waals surface area contributed by atoms with Gasteiger partial charge >= 0.3 is 0 Å². The van der Waals surface area contributed by atoms with Crippen molar-refractivity contribution >= 4 is 11.3 Å². The van der Waals surface area contributed by atoms with Gasteiger partial charge in [-0.15, -0.1) is 11.3 Å². The number of furan rings is 1. The molecule has 2 aromatic heterocycles. The van der Waals surface area contributed by atoms with Crippen molar-refractivity contribution in [3.8, 4) is 0 Å². The predicted molar refractivity (Wildman–Crippen MR) is 79.7 cm³/mol. The van der Waals surface area contributed by atoms with Crippen molar-refractivity contribution in [2.24, 2.45) is 0 Å². The van der Waals surface area contributed by atoms with Crippen molar-refractivity contribution in [1.82, 2.24) is 10.3 Å². The summed E-state index contributed by atoms with van der Waals surface area (Å²) in [5.41, 5.74) is 1.10. The second-order valence-corrected chi connectivity index (χ2v) is 5.69. The topological polar surface area (TPSA) is 38.1 Å². The third kappa shape index (κ3) is 3.91. The Labute approximate surface area is 119 Å². The maximum absolute atomic E-state index is 5.89. The van der Waals surface area contributed by atoms with E-state index in [0.29, 0.717) is 0 Å². The quantitative estimate of drug-likeness (QED) is 0.835. The van der Waals surface area contributed by atoms with Crippen molar-refractivity contribution < 1.29 is 4.42 Å². The normalized spacial score (nSPS) is 12.8. The summed E-state index contributed by atoms with van der Waals surface area (Å²) in [5, 5.41) is 6.82. The van der Waals surface area contributed by atoms with Gasteiger partial charge in [-0.05, 0) is 32.0 Å². The molecule has 104 valence electrons. The highest BCUT2D eigenvalue weighted by Crippen LogP contribution is 2.23. The van der Waals surface area contributed by atoms with Gasteiger partial charge in [0.15, 0.2) is 0 Å². The van der Waals surface area contributed by atoms with E-state index < -0.39 is 0 Å². The van der Waals surface area contributed by atoms with Crippen LogP contribution in [0.1, 0.15) is 48.5 Å². The molecule has 1 atom stereocenters. The first-order chi connectivity index (χ1) is 9.22. The average molecular weight is 278 g/mol. The third-order valence-electron chi connectivity index (χ3n) is 3.06. The lowest BCUT2D eigenvalue weighted by Crippen LogP contribution is -2.23. The van der Waals surface area contributed by atoms with Gasteiger partial charge in [-0.2, -0.15) is 0 Å². The van der Waals surface area contributed by atoms with Crippen LogP contribution in [0.5, 0.6) is 0 Å². The highest BCUT2D eigenvalue weighted by atomic mass is 32.1. The minimum Gasteiger partial charge on any atom is -0.464 e. The van der Waals surface area contributed by atoms with Crippen LogP contribution in [0.25, 0.3) is 0 Å². The van der Waals surface area contributed by atoms with E-state index in [2.05, 4.69) is 41.7 Å². The smallest absolute Gasteiger partial charge is 0.121 e. The Morgan fingerprint density at radius 2 is 2.21 bits per heavy atom. The molecular weight excluding hydrogens is 256 g/mol. The molecule has 2 aromatic rings. The number of thiazole rings is 1. The zero-order valence-electron chi connectivity index (χ0n) is 11.9. The summed E-state index contributed by atoms with van der Waals surface area (Å²) in [7, 11) is 0. The van der Waals surface area contributed by atoms with Gasteiger partial charge in [-0.3, -0.25) is 0 Å². The zero-order valence-corrected chi connectivity index (χ0v) is 12.7. The average Bonchev–Trinajstić information content (AvgIpc) is 3.03. The van der Waals surface area contributed by atoms with Crippen LogP contribution in [0.2, 0.25) is 0 Å². The molecule has 0 fully saturated rings. The van der Waals surface area contributed by atoms with Gasteiger partial charge in [-0.25, -0.2) is 4.98 Å². The fourth-order valence-corrected chi connectivity index (χ4v) is 2.85. The first-order valence-corrected chi connectivity index (χ1v) is 7.83. The molecule has 0 saturated carbocycles. The fourth-order valence-electron chi connectivity index (χ4n) is 2.03. The van der Waals surface area contributed by atoms with E-state index in [4.69, 9.17) is 4.42 Å². The van der Waals surface area contributed by atoms with Crippen molar-refractivity contribution in [2.45, 2.75) is 46.1 Å². The standard InChI is InChI=1S/C15H22N2OS/c1-4-8-16-13(9-15-17-11(3)10-19-15)14-7-6-12(5-2)18-14/h6-7,10,13,16H,4-5,8-9H2,1-3H3. The van der Waals surface area contributed by atoms with Gasteiger partial charge in [0.05, 0.1) is 11.0 Å². The summed E-state index contributed by atoms with van der Waals surface area (Å²) in [6.07, 6.45) is 2.96. The minimum absolute atomic E-state index is 0.228. The van der Waals surface area contributed by atoms with E-state index in [0.717, 1.165) is 43.0 Å². The molecule has 0 aliphatic rings. The Kier molecular flexibility index (Phi) is 5.16. The van der Waals surface area contributed by atoms with Gasteiger partial charge in [0.2, 0.25) is 0 Å². The van der Waals surface area contributed by atoms with E-state index in [1.807, 2.05) is 6.92 Å². The minimum atomic E-state index is 0.228. The molecule has 0 spiro atoms. The first-order valence-electron chi connectivity index (χ1n) is 6.96. The third-order valence-corrected chi connectivity index (χ3v) is 4.05. The Morgan fingerprint density at radius 1 is 1.37 bits per heavy atom.